The van der Waals surface area contributed by atoms with E-state index < -0.39 is 0 Å². The van der Waals surface area contributed by atoms with Crippen molar-refractivity contribution in [2.45, 2.75) is 49.9 Å². The van der Waals surface area contributed by atoms with Crippen LogP contribution in [0.1, 0.15) is 25.7 Å². The van der Waals surface area contributed by atoms with Gasteiger partial charge in [-0.1, -0.05) is 0 Å². The van der Waals surface area contributed by atoms with E-state index in [0.29, 0.717) is 24.2 Å². The number of fused-ring (bicyclic) bond motifs is 3. The van der Waals surface area contributed by atoms with Crippen molar-refractivity contribution in [3.63, 3.8) is 0 Å². The molecule has 2 aliphatic heterocycles. The molecule has 0 amide bonds. The second kappa shape index (κ2) is 6.53. The molecule has 0 spiro atoms. The number of imidazole rings is 1. The first kappa shape index (κ1) is 17.4. The summed E-state index contributed by atoms with van der Waals surface area (Å²) < 4.78 is 7.31. The molecule has 3 aromatic heterocycles. The average Bonchev–Trinajstić information content (AvgIpc) is 3.37. The molecule has 3 aliphatic rings. The van der Waals surface area contributed by atoms with E-state index in [0.717, 1.165) is 35.6 Å². The molecule has 1 saturated carbocycles. The SMILES string of the molecule is COC1CC(N2C3CCC2CN(c2ccnc4[nH]c(-c5cnn(C)c5)nc24)C3)C1. The number of anilines is 1. The summed E-state index contributed by atoms with van der Waals surface area (Å²) in [4.78, 5) is 18.1. The van der Waals surface area contributed by atoms with Gasteiger partial charge in [0.15, 0.2) is 5.65 Å². The lowest BCUT2D eigenvalue weighted by Crippen LogP contribution is -2.61. The van der Waals surface area contributed by atoms with Crippen molar-refractivity contribution in [3.05, 3.63) is 24.7 Å². The largest absolute Gasteiger partial charge is 0.381 e. The summed E-state index contributed by atoms with van der Waals surface area (Å²) in [6.45, 7) is 2.14. The van der Waals surface area contributed by atoms with Crippen molar-refractivity contribution in [1.82, 2.24) is 29.6 Å². The number of hydrogen-bond donors (Lipinski definition) is 1. The van der Waals surface area contributed by atoms with E-state index >= 15 is 0 Å². The summed E-state index contributed by atoms with van der Waals surface area (Å²) in [5.74, 6) is 0.828. The highest BCUT2D eigenvalue weighted by atomic mass is 16.5. The topological polar surface area (TPSA) is 75.1 Å². The lowest BCUT2D eigenvalue weighted by Gasteiger charge is -2.50. The Labute approximate surface area is 169 Å². The third-order valence-electron chi connectivity index (χ3n) is 7.05. The zero-order chi connectivity index (χ0) is 19.5. The maximum absolute atomic E-state index is 5.52. The van der Waals surface area contributed by atoms with Crippen LogP contribution in [0.2, 0.25) is 0 Å². The molecule has 1 N–H and O–H groups in total. The Hall–Kier alpha value is -2.45. The molecule has 29 heavy (non-hydrogen) atoms. The van der Waals surface area contributed by atoms with Gasteiger partial charge in [-0.05, 0) is 31.7 Å². The summed E-state index contributed by atoms with van der Waals surface area (Å²) in [7, 11) is 3.76. The van der Waals surface area contributed by atoms with Crippen LogP contribution >= 0.6 is 0 Å². The number of ether oxygens (including phenoxy) is 1. The van der Waals surface area contributed by atoms with Gasteiger partial charge in [0.25, 0.3) is 0 Å². The van der Waals surface area contributed by atoms with Gasteiger partial charge < -0.3 is 14.6 Å². The van der Waals surface area contributed by atoms with Crippen LogP contribution in [0.4, 0.5) is 5.69 Å². The number of nitrogens with one attached hydrogen (secondary N) is 1. The molecule has 2 unspecified atom stereocenters. The number of aryl methyl sites for hydroxylation is 1. The number of hydrogen-bond acceptors (Lipinski definition) is 6. The monoisotopic (exact) mass is 393 g/mol. The molecule has 2 saturated heterocycles. The van der Waals surface area contributed by atoms with E-state index in [2.05, 4.69) is 30.9 Å². The van der Waals surface area contributed by atoms with Crippen LogP contribution in [0.5, 0.6) is 0 Å². The van der Waals surface area contributed by atoms with Crippen molar-refractivity contribution in [2.75, 3.05) is 25.1 Å². The van der Waals surface area contributed by atoms with Gasteiger partial charge in [-0.15, -0.1) is 0 Å². The number of pyridine rings is 1. The molecule has 2 atom stereocenters. The Kier molecular flexibility index (Phi) is 3.92. The van der Waals surface area contributed by atoms with E-state index in [1.165, 1.54) is 31.4 Å². The van der Waals surface area contributed by atoms with E-state index in [1.54, 1.807) is 4.68 Å². The van der Waals surface area contributed by atoms with E-state index in [1.807, 2.05) is 32.7 Å². The summed E-state index contributed by atoms with van der Waals surface area (Å²) in [5.41, 5.74) is 3.99. The van der Waals surface area contributed by atoms with E-state index in [-0.39, 0.29) is 0 Å². The number of methoxy groups -OCH3 is 1. The van der Waals surface area contributed by atoms with Gasteiger partial charge in [0.05, 0.1) is 23.6 Å². The molecule has 8 nitrogen and oxygen atoms in total. The number of piperazine rings is 1. The van der Waals surface area contributed by atoms with Gasteiger partial charge in [-0.25, -0.2) is 9.97 Å². The fourth-order valence-corrected chi connectivity index (χ4v) is 5.54. The van der Waals surface area contributed by atoms with Gasteiger partial charge in [0.2, 0.25) is 0 Å². The Morgan fingerprint density at radius 1 is 1.14 bits per heavy atom. The van der Waals surface area contributed by atoms with Crippen LogP contribution in [0.3, 0.4) is 0 Å². The normalized spacial score (nSPS) is 29.5. The predicted octanol–water partition coefficient (Wildman–Crippen LogP) is 2.19. The summed E-state index contributed by atoms with van der Waals surface area (Å²) in [6.07, 6.45) is 11.1. The lowest BCUT2D eigenvalue weighted by atomic mass is 9.86. The number of aromatic amines is 1. The Morgan fingerprint density at radius 2 is 1.93 bits per heavy atom. The standard InChI is InChI=1S/C21H27N7O/c1-26-10-13(9-23-26)20-24-19-18(5-6-22-21(19)25-20)27-11-14-3-4-15(12-27)28(14)16-7-17(8-16)29-2/h5-6,9-10,14-17H,3-4,7-8,11-12H2,1-2H3,(H,22,24,25). The first-order valence-electron chi connectivity index (χ1n) is 10.6. The Balaban J connectivity index is 1.28. The highest BCUT2D eigenvalue weighted by molar-refractivity contribution is 5.88. The fraction of sp³-hybridized carbons (Fsp3) is 0.571. The van der Waals surface area contributed by atoms with Crippen LogP contribution in [0, 0.1) is 0 Å². The maximum Gasteiger partial charge on any atom is 0.159 e. The first-order valence-corrected chi connectivity index (χ1v) is 10.6. The molecule has 5 heterocycles. The third kappa shape index (κ3) is 2.77. The zero-order valence-electron chi connectivity index (χ0n) is 17.0. The van der Waals surface area contributed by atoms with Crippen LogP contribution < -0.4 is 4.90 Å². The van der Waals surface area contributed by atoms with Crippen LogP contribution in [0.15, 0.2) is 24.7 Å². The van der Waals surface area contributed by atoms with Crippen molar-refractivity contribution in [3.8, 4) is 11.4 Å². The molecule has 1 aliphatic carbocycles. The molecular weight excluding hydrogens is 366 g/mol. The molecule has 3 aromatic rings. The molecule has 6 rings (SSSR count). The highest BCUT2D eigenvalue weighted by Crippen LogP contribution is 2.41. The average molecular weight is 393 g/mol. The smallest absolute Gasteiger partial charge is 0.159 e. The number of H-pyrrole nitrogens is 1. The minimum Gasteiger partial charge on any atom is -0.381 e. The molecule has 152 valence electrons. The van der Waals surface area contributed by atoms with Gasteiger partial charge in [0, 0.05) is 57.8 Å². The quantitative estimate of drug-likeness (QED) is 0.732. The van der Waals surface area contributed by atoms with Crippen LogP contribution in [0.25, 0.3) is 22.6 Å². The summed E-state index contributed by atoms with van der Waals surface area (Å²) in [6, 6.07) is 4.10. The molecule has 0 aromatic carbocycles. The number of aromatic nitrogens is 5. The maximum atomic E-state index is 5.52. The van der Waals surface area contributed by atoms with Crippen molar-refractivity contribution < 1.29 is 4.74 Å². The molecule has 8 heteroatoms. The Bertz CT molecular complexity index is 1020. The highest BCUT2D eigenvalue weighted by Gasteiger charge is 2.47. The van der Waals surface area contributed by atoms with Crippen LogP contribution in [-0.4, -0.2) is 74.1 Å². The predicted molar refractivity (Wildman–Crippen MR) is 111 cm³/mol. The lowest BCUT2D eigenvalue weighted by molar-refractivity contribution is -0.0466. The number of rotatable bonds is 4. The van der Waals surface area contributed by atoms with Gasteiger partial charge >= 0.3 is 0 Å². The summed E-state index contributed by atoms with van der Waals surface area (Å²) in [5, 5.41) is 4.26. The van der Waals surface area contributed by atoms with E-state index in [9.17, 15) is 0 Å². The fourth-order valence-electron chi connectivity index (χ4n) is 5.54. The van der Waals surface area contributed by atoms with E-state index in [4.69, 9.17) is 9.72 Å². The van der Waals surface area contributed by atoms with Crippen molar-refractivity contribution in [1.29, 1.82) is 0 Å². The zero-order valence-corrected chi connectivity index (χ0v) is 17.0. The first-order chi connectivity index (χ1) is 14.2. The van der Waals surface area contributed by atoms with Crippen molar-refractivity contribution in [2.24, 2.45) is 7.05 Å². The second-order valence-electron chi connectivity index (χ2n) is 8.74. The van der Waals surface area contributed by atoms with Crippen LogP contribution in [-0.2, 0) is 11.8 Å². The van der Waals surface area contributed by atoms with Crippen molar-refractivity contribution >= 4 is 16.9 Å². The molecule has 0 radical (unpaired) electrons. The summed E-state index contributed by atoms with van der Waals surface area (Å²) >= 11 is 0. The third-order valence-corrected chi connectivity index (χ3v) is 7.05. The Morgan fingerprint density at radius 3 is 2.62 bits per heavy atom. The number of nitrogens with zero attached hydrogens (tertiary/aromatic N) is 6. The van der Waals surface area contributed by atoms with Gasteiger partial charge in [-0.3, -0.25) is 9.58 Å². The molecule has 3 fully saturated rings. The van der Waals surface area contributed by atoms with Gasteiger partial charge in [0.1, 0.15) is 11.3 Å². The molecule has 2 bridgehead atoms. The molecular formula is C21H27N7O. The second-order valence-corrected chi connectivity index (χ2v) is 8.74. The van der Waals surface area contributed by atoms with Gasteiger partial charge in [-0.2, -0.15) is 5.10 Å². The minimum atomic E-state index is 0.465. The minimum absolute atomic E-state index is 0.465.